The molecule has 0 radical (unpaired) electrons. The van der Waals surface area contributed by atoms with Gasteiger partial charge in [-0.2, -0.15) is 10.1 Å². The van der Waals surface area contributed by atoms with Crippen molar-refractivity contribution in [2.45, 2.75) is 25.4 Å². The van der Waals surface area contributed by atoms with E-state index in [0.717, 1.165) is 0 Å². The highest BCUT2D eigenvalue weighted by Crippen LogP contribution is 2.20. The zero-order valence-electron chi connectivity index (χ0n) is 12.2. The molecule has 0 saturated carbocycles. The molecule has 0 atom stereocenters. The molecule has 8 nitrogen and oxygen atoms in total. The highest BCUT2D eigenvalue weighted by atomic mass is 32.2. The third kappa shape index (κ3) is 3.30. The normalized spacial score (nSPS) is 10.7. The third-order valence-corrected chi connectivity index (χ3v) is 3.54. The van der Waals surface area contributed by atoms with Crippen molar-refractivity contribution in [1.29, 1.82) is 0 Å². The fourth-order valence-corrected chi connectivity index (χ4v) is 2.51. The van der Waals surface area contributed by atoms with Crippen LogP contribution in [0.1, 0.15) is 27.7 Å². The van der Waals surface area contributed by atoms with Crippen molar-refractivity contribution in [3.63, 3.8) is 0 Å². The molecular weight excluding hydrogens is 292 g/mol. The van der Waals surface area contributed by atoms with E-state index in [-0.39, 0.29) is 12.5 Å². The van der Waals surface area contributed by atoms with Gasteiger partial charge in [0.05, 0.1) is 12.1 Å². The Bertz CT molecular complexity index is 723. The van der Waals surface area contributed by atoms with E-state index >= 15 is 0 Å². The Hall–Kier alpha value is -2.16. The maximum absolute atomic E-state index is 12.6. The number of carbonyl (C=O) groups excluding carboxylic acids is 1. The second-order valence-corrected chi connectivity index (χ2v) is 5.34. The van der Waals surface area contributed by atoms with Gasteiger partial charge in [0, 0.05) is 12.7 Å². The van der Waals surface area contributed by atoms with E-state index in [0.29, 0.717) is 27.9 Å². The number of nitrogens with zero attached hydrogens (tertiary/aromatic N) is 4. The fourth-order valence-electron chi connectivity index (χ4n) is 1.89. The third-order valence-electron chi connectivity index (χ3n) is 2.86. The standard InChI is InChI=1S/C12H16N6O2S/c1-6-9(10(21-4)15-12(20)13-6)11(19)18(3)5-8-14-7(2)16-17-8/h5H2,1-4H3,(H,13,15,20)(H,14,16,17). The van der Waals surface area contributed by atoms with Gasteiger partial charge < -0.3 is 9.88 Å². The second kappa shape index (κ2) is 6.08. The number of rotatable bonds is 4. The molecule has 2 N–H and O–H groups in total. The van der Waals surface area contributed by atoms with Crippen molar-refractivity contribution in [1.82, 2.24) is 30.0 Å². The SMILES string of the molecule is CSc1nc(=O)[nH]c(C)c1C(=O)N(C)Cc1n[nH]c(C)n1. The van der Waals surface area contributed by atoms with Crippen LogP contribution in [0.5, 0.6) is 0 Å². The van der Waals surface area contributed by atoms with Crippen LogP contribution in [0.2, 0.25) is 0 Å². The number of hydrogen-bond acceptors (Lipinski definition) is 6. The van der Waals surface area contributed by atoms with Crippen LogP contribution in [-0.2, 0) is 6.54 Å². The minimum Gasteiger partial charge on any atom is -0.334 e. The summed E-state index contributed by atoms with van der Waals surface area (Å²) in [4.78, 5) is 36.0. The first kappa shape index (κ1) is 15.2. The number of carbonyl (C=O) groups is 1. The van der Waals surface area contributed by atoms with Crippen molar-refractivity contribution >= 4 is 17.7 Å². The van der Waals surface area contributed by atoms with Gasteiger partial charge in [-0.3, -0.25) is 9.89 Å². The summed E-state index contributed by atoms with van der Waals surface area (Å²) in [7, 11) is 1.66. The lowest BCUT2D eigenvalue weighted by molar-refractivity contribution is 0.0776. The predicted octanol–water partition coefficient (Wildman–Crippen LogP) is 0.499. The van der Waals surface area contributed by atoms with Gasteiger partial charge in [-0.05, 0) is 20.1 Å². The Kier molecular flexibility index (Phi) is 4.41. The number of hydrogen-bond donors (Lipinski definition) is 2. The first-order valence-electron chi connectivity index (χ1n) is 6.20. The van der Waals surface area contributed by atoms with Gasteiger partial charge in [-0.1, -0.05) is 0 Å². The van der Waals surface area contributed by atoms with E-state index in [9.17, 15) is 9.59 Å². The zero-order valence-corrected chi connectivity index (χ0v) is 13.0. The zero-order chi connectivity index (χ0) is 15.6. The molecule has 0 bridgehead atoms. The van der Waals surface area contributed by atoms with Crippen molar-refractivity contribution in [3.05, 3.63) is 33.4 Å². The fraction of sp³-hybridized carbons (Fsp3) is 0.417. The molecule has 2 heterocycles. The molecule has 2 aromatic heterocycles. The van der Waals surface area contributed by atoms with Crippen LogP contribution in [0.15, 0.2) is 9.82 Å². The Morgan fingerprint density at radius 2 is 2.05 bits per heavy atom. The Morgan fingerprint density at radius 3 is 2.62 bits per heavy atom. The second-order valence-electron chi connectivity index (χ2n) is 4.55. The molecule has 2 aromatic rings. The lowest BCUT2D eigenvalue weighted by Gasteiger charge is -2.17. The molecule has 1 amide bonds. The van der Waals surface area contributed by atoms with Crippen LogP contribution in [0.3, 0.4) is 0 Å². The summed E-state index contributed by atoms with van der Waals surface area (Å²) in [6.45, 7) is 3.75. The summed E-state index contributed by atoms with van der Waals surface area (Å²) in [5.74, 6) is 0.990. The predicted molar refractivity (Wildman–Crippen MR) is 78.3 cm³/mol. The molecule has 0 fully saturated rings. The summed E-state index contributed by atoms with van der Waals surface area (Å²) >= 11 is 1.26. The molecule has 112 valence electrons. The van der Waals surface area contributed by atoms with Crippen LogP contribution in [0.4, 0.5) is 0 Å². The van der Waals surface area contributed by atoms with Crippen LogP contribution < -0.4 is 5.69 Å². The largest absolute Gasteiger partial charge is 0.346 e. The molecule has 0 spiro atoms. The molecule has 0 aliphatic carbocycles. The Morgan fingerprint density at radius 1 is 1.33 bits per heavy atom. The van der Waals surface area contributed by atoms with Gasteiger partial charge in [0.25, 0.3) is 5.91 Å². The van der Waals surface area contributed by atoms with E-state index in [1.54, 1.807) is 27.2 Å². The van der Waals surface area contributed by atoms with Gasteiger partial charge in [-0.25, -0.2) is 9.78 Å². The van der Waals surface area contributed by atoms with Gasteiger partial charge >= 0.3 is 5.69 Å². The van der Waals surface area contributed by atoms with Crippen LogP contribution >= 0.6 is 11.8 Å². The van der Waals surface area contributed by atoms with Crippen LogP contribution in [-0.4, -0.2) is 49.3 Å². The average molecular weight is 308 g/mol. The molecule has 0 aliphatic rings. The van der Waals surface area contributed by atoms with Gasteiger partial charge in [0.1, 0.15) is 10.9 Å². The summed E-state index contributed by atoms with van der Waals surface area (Å²) in [6.07, 6.45) is 1.77. The molecule has 21 heavy (non-hydrogen) atoms. The molecule has 0 saturated heterocycles. The minimum atomic E-state index is -0.458. The van der Waals surface area contributed by atoms with E-state index in [4.69, 9.17) is 0 Å². The quantitative estimate of drug-likeness (QED) is 0.629. The molecule has 0 unspecified atom stereocenters. The van der Waals surface area contributed by atoms with E-state index in [1.807, 2.05) is 0 Å². The van der Waals surface area contributed by atoms with Gasteiger partial charge in [0.2, 0.25) is 0 Å². The van der Waals surface area contributed by atoms with Crippen molar-refractivity contribution in [2.24, 2.45) is 0 Å². The summed E-state index contributed by atoms with van der Waals surface area (Å²) in [5.41, 5.74) is 0.444. The lowest BCUT2D eigenvalue weighted by Crippen LogP contribution is -2.30. The van der Waals surface area contributed by atoms with Crippen molar-refractivity contribution < 1.29 is 4.79 Å². The monoisotopic (exact) mass is 308 g/mol. The summed E-state index contributed by atoms with van der Waals surface area (Å²) in [6, 6.07) is 0. The smallest absolute Gasteiger partial charge is 0.334 e. The van der Waals surface area contributed by atoms with Crippen LogP contribution in [0, 0.1) is 13.8 Å². The van der Waals surface area contributed by atoms with Gasteiger partial charge in [0.15, 0.2) is 5.82 Å². The highest BCUT2D eigenvalue weighted by Gasteiger charge is 2.21. The molecule has 2 rings (SSSR count). The molecule has 9 heteroatoms. The number of aromatic amines is 2. The molecular formula is C12H16N6O2S. The highest BCUT2D eigenvalue weighted by molar-refractivity contribution is 7.98. The number of nitrogens with one attached hydrogen (secondary N) is 2. The topological polar surface area (TPSA) is 108 Å². The number of thioether (sulfide) groups is 1. The Balaban J connectivity index is 2.29. The first-order chi connectivity index (χ1) is 9.92. The van der Waals surface area contributed by atoms with Crippen LogP contribution in [0.25, 0.3) is 0 Å². The van der Waals surface area contributed by atoms with E-state index in [2.05, 4.69) is 25.1 Å². The first-order valence-corrected chi connectivity index (χ1v) is 7.43. The van der Waals surface area contributed by atoms with E-state index in [1.165, 1.54) is 16.7 Å². The molecule has 0 aromatic carbocycles. The lowest BCUT2D eigenvalue weighted by atomic mass is 10.2. The molecule has 0 aliphatic heterocycles. The van der Waals surface area contributed by atoms with E-state index < -0.39 is 5.69 Å². The summed E-state index contributed by atoms with van der Waals surface area (Å²) in [5, 5.41) is 7.15. The maximum Gasteiger partial charge on any atom is 0.346 e. The summed E-state index contributed by atoms with van der Waals surface area (Å²) < 4.78 is 0. The number of H-pyrrole nitrogens is 2. The number of aromatic nitrogens is 5. The minimum absolute atomic E-state index is 0.233. The maximum atomic E-state index is 12.6. The number of amides is 1. The average Bonchev–Trinajstić information content (AvgIpc) is 2.82. The Labute approximate surface area is 125 Å². The van der Waals surface area contributed by atoms with Gasteiger partial charge in [-0.15, -0.1) is 11.8 Å². The van der Waals surface area contributed by atoms with Crippen molar-refractivity contribution in [3.8, 4) is 0 Å². The van der Waals surface area contributed by atoms with Crippen molar-refractivity contribution in [2.75, 3.05) is 13.3 Å². The number of aryl methyl sites for hydroxylation is 2.